The molecule has 2 rings (SSSR count). The lowest BCUT2D eigenvalue weighted by molar-refractivity contribution is -0.144. The number of esters is 2. The molecule has 0 atom stereocenters. The Bertz CT molecular complexity index is 900. The fourth-order valence-corrected chi connectivity index (χ4v) is 3.99. The second kappa shape index (κ2) is 11.5. The van der Waals surface area contributed by atoms with Crippen molar-refractivity contribution in [1.82, 2.24) is 0 Å². The van der Waals surface area contributed by atoms with Crippen LogP contribution in [-0.4, -0.2) is 18.5 Å². The zero-order valence-corrected chi connectivity index (χ0v) is 19.3. The fourth-order valence-electron chi connectivity index (χ4n) is 3.99. The van der Waals surface area contributed by atoms with Crippen LogP contribution in [0.3, 0.4) is 0 Å². The third-order valence-electron chi connectivity index (χ3n) is 5.30. The molecule has 0 unspecified atom stereocenters. The van der Waals surface area contributed by atoms with Crippen molar-refractivity contribution in [1.29, 1.82) is 0 Å². The highest BCUT2D eigenvalue weighted by molar-refractivity contribution is 5.78. The van der Waals surface area contributed by atoms with Gasteiger partial charge in [-0.3, -0.25) is 9.59 Å². The molecule has 166 valence electrons. The lowest BCUT2D eigenvalue weighted by atomic mass is 9.85. The summed E-state index contributed by atoms with van der Waals surface area (Å²) in [5.41, 5.74) is 6.68. The van der Waals surface area contributed by atoms with E-state index in [1.54, 1.807) is 6.92 Å². The number of allylic oxidation sites excluding steroid dienone is 4. The van der Waals surface area contributed by atoms with Crippen molar-refractivity contribution in [3.63, 3.8) is 0 Å². The fraction of sp³-hybridized carbons (Fsp3) is 0.407. The molecule has 0 bridgehead atoms. The number of ether oxygens (including phenoxy) is 2. The molecule has 0 amide bonds. The minimum Gasteiger partial charge on any atom is -0.466 e. The van der Waals surface area contributed by atoms with E-state index in [-0.39, 0.29) is 37.3 Å². The predicted molar refractivity (Wildman–Crippen MR) is 124 cm³/mol. The Morgan fingerprint density at radius 3 is 2.26 bits per heavy atom. The number of carbonyl (C=O) groups is 2. The third-order valence-corrected chi connectivity index (χ3v) is 5.30. The van der Waals surface area contributed by atoms with Crippen molar-refractivity contribution in [3.05, 3.63) is 82.5 Å². The highest BCUT2D eigenvalue weighted by Gasteiger charge is 2.27. The Hall–Kier alpha value is -2.88. The van der Waals surface area contributed by atoms with Gasteiger partial charge >= 0.3 is 11.9 Å². The summed E-state index contributed by atoms with van der Waals surface area (Å²) in [6.07, 6.45) is 1.60. The van der Waals surface area contributed by atoms with Crippen LogP contribution in [-0.2, 0) is 25.7 Å². The van der Waals surface area contributed by atoms with E-state index in [0.29, 0.717) is 19.4 Å². The van der Waals surface area contributed by atoms with Gasteiger partial charge in [-0.1, -0.05) is 74.1 Å². The summed E-state index contributed by atoms with van der Waals surface area (Å²) in [7, 11) is 0. The summed E-state index contributed by atoms with van der Waals surface area (Å²) in [6.45, 7) is 16.9. The van der Waals surface area contributed by atoms with Gasteiger partial charge < -0.3 is 9.47 Å². The lowest BCUT2D eigenvalue weighted by Crippen LogP contribution is -2.12. The van der Waals surface area contributed by atoms with Gasteiger partial charge in [0.05, 0.1) is 19.4 Å². The zero-order chi connectivity index (χ0) is 23.0. The van der Waals surface area contributed by atoms with Crippen LogP contribution in [0.5, 0.6) is 0 Å². The van der Waals surface area contributed by atoms with E-state index in [4.69, 9.17) is 9.47 Å². The van der Waals surface area contributed by atoms with E-state index in [2.05, 4.69) is 27.0 Å². The van der Waals surface area contributed by atoms with Crippen molar-refractivity contribution in [2.75, 3.05) is 6.61 Å². The first-order valence-electron chi connectivity index (χ1n) is 10.8. The van der Waals surface area contributed by atoms with Crippen LogP contribution in [0.1, 0.15) is 58.9 Å². The normalized spacial score (nSPS) is 14.5. The summed E-state index contributed by atoms with van der Waals surface area (Å²) in [4.78, 5) is 25.1. The minimum absolute atomic E-state index is 0.141. The van der Waals surface area contributed by atoms with E-state index in [9.17, 15) is 9.59 Å². The molecule has 0 saturated carbocycles. The molecule has 0 spiro atoms. The maximum absolute atomic E-state index is 12.8. The molecule has 1 aromatic rings. The molecule has 0 aliphatic heterocycles. The van der Waals surface area contributed by atoms with Gasteiger partial charge in [-0.25, -0.2) is 0 Å². The van der Waals surface area contributed by atoms with Crippen molar-refractivity contribution in [3.8, 4) is 0 Å². The van der Waals surface area contributed by atoms with E-state index in [0.717, 1.165) is 39.0 Å². The Morgan fingerprint density at radius 2 is 1.68 bits per heavy atom. The molecule has 1 aliphatic carbocycles. The topological polar surface area (TPSA) is 52.6 Å². The molecule has 0 fully saturated rings. The van der Waals surface area contributed by atoms with Crippen molar-refractivity contribution >= 4 is 11.9 Å². The SMILES string of the molecule is C=C1CC(CC(=O)OCC)=C(C(=C)C)C(CC(=O)OCc2ccccc2)=C(C(C)C)C1. The lowest BCUT2D eigenvalue weighted by Gasteiger charge is -2.21. The number of rotatable bonds is 9. The van der Waals surface area contributed by atoms with Gasteiger partial charge in [-0.05, 0) is 54.9 Å². The highest BCUT2D eigenvalue weighted by Crippen LogP contribution is 2.40. The summed E-state index contributed by atoms with van der Waals surface area (Å²) < 4.78 is 10.8. The molecule has 0 aromatic heterocycles. The Balaban J connectivity index is 2.40. The smallest absolute Gasteiger partial charge is 0.310 e. The van der Waals surface area contributed by atoms with E-state index in [1.807, 2.05) is 37.3 Å². The first kappa shape index (κ1) is 24.4. The largest absolute Gasteiger partial charge is 0.466 e. The quantitative estimate of drug-likeness (QED) is 0.349. The second-order valence-electron chi connectivity index (χ2n) is 8.33. The second-order valence-corrected chi connectivity index (χ2v) is 8.33. The van der Waals surface area contributed by atoms with Gasteiger partial charge in [-0.15, -0.1) is 0 Å². The Kier molecular flexibility index (Phi) is 9.04. The molecule has 1 aromatic carbocycles. The standard InChI is InChI=1S/C27H34O4/c1-7-30-25(28)15-22-13-20(6)14-23(18(2)3)24(27(22)19(4)5)16-26(29)31-17-21-11-9-8-10-12-21/h8-12,18H,4,6-7,13-17H2,1-3,5H3. The summed E-state index contributed by atoms with van der Waals surface area (Å²) in [5, 5.41) is 0. The summed E-state index contributed by atoms with van der Waals surface area (Å²) >= 11 is 0. The average Bonchev–Trinajstić information content (AvgIpc) is 2.83. The van der Waals surface area contributed by atoms with Gasteiger partial charge in [0.25, 0.3) is 0 Å². The number of hydrogen-bond acceptors (Lipinski definition) is 4. The first-order chi connectivity index (χ1) is 14.7. The van der Waals surface area contributed by atoms with Crippen LogP contribution in [0.25, 0.3) is 0 Å². The van der Waals surface area contributed by atoms with Crippen LogP contribution < -0.4 is 0 Å². The molecule has 4 nitrogen and oxygen atoms in total. The molecule has 0 radical (unpaired) electrons. The van der Waals surface area contributed by atoms with Crippen LogP contribution in [0, 0.1) is 5.92 Å². The van der Waals surface area contributed by atoms with Crippen molar-refractivity contribution < 1.29 is 19.1 Å². The number of benzene rings is 1. The third kappa shape index (κ3) is 7.09. The van der Waals surface area contributed by atoms with Gasteiger partial charge in [0.1, 0.15) is 6.61 Å². The summed E-state index contributed by atoms with van der Waals surface area (Å²) in [6, 6.07) is 9.63. The molecular weight excluding hydrogens is 388 g/mol. The molecule has 0 saturated heterocycles. The van der Waals surface area contributed by atoms with E-state index in [1.165, 1.54) is 0 Å². The van der Waals surface area contributed by atoms with Crippen LogP contribution >= 0.6 is 0 Å². The number of hydrogen-bond donors (Lipinski definition) is 0. The average molecular weight is 423 g/mol. The van der Waals surface area contributed by atoms with Crippen molar-refractivity contribution in [2.45, 2.75) is 60.0 Å². The maximum atomic E-state index is 12.8. The molecule has 0 heterocycles. The first-order valence-corrected chi connectivity index (χ1v) is 10.8. The Labute approximate surface area is 186 Å². The van der Waals surface area contributed by atoms with E-state index < -0.39 is 0 Å². The predicted octanol–water partition coefficient (Wildman–Crippen LogP) is 6.25. The zero-order valence-electron chi connectivity index (χ0n) is 19.3. The molecular formula is C27H34O4. The van der Waals surface area contributed by atoms with Crippen LogP contribution in [0.4, 0.5) is 0 Å². The van der Waals surface area contributed by atoms with Crippen LogP contribution in [0.15, 0.2) is 76.9 Å². The van der Waals surface area contributed by atoms with Gasteiger partial charge in [0, 0.05) is 0 Å². The molecule has 1 aliphatic rings. The molecule has 31 heavy (non-hydrogen) atoms. The van der Waals surface area contributed by atoms with Gasteiger partial charge in [0.15, 0.2) is 0 Å². The van der Waals surface area contributed by atoms with Gasteiger partial charge in [0.2, 0.25) is 0 Å². The summed E-state index contributed by atoms with van der Waals surface area (Å²) in [5.74, 6) is -0.341. The maximum Gasteiger partial charge on any atom is 0.310 e. The number of carbonyl (C=O) groups excluding carboxylic acids is 2. The van der Waals surface area contributed by atoms with E-state index >= 15 is 0 Å². The highest BCUT2D eigenvalue weighted by atomic mass is 16.5. The van der Waals surface area contributed by atoms with Gasteiger partial charge in [-0.2, -0.15) is 0 Å². The Morgan fingerprint density at radius 1 is 1.03 bits per heavy atom. The molecule has 4 heteroatoms. The van der Waals surface area contributed by atoms with Crippen LogP contribution in [0.2, 0.25) is 0 Å². The van der Waals surface area contributed by atoms with Crippen molar-refractivity contribution in [2.24, 2.45) is 5.92 Å². The monoisotopic (exact) mass is 422 g/mol. The minimum atomic E-state index is -0.293. The molecule has 0 N–H and O–H groups in total.